The van der Waals surface area contributed by atoms with E-state index in [2.05, 4.69) is 55.6 Å². The van der Waals surface area contributed by atoms with Crippen molar-refractivity contribution in [1.82, 2.24) is 5.32 Å². The molecule has 0 heterocycles. The van der Waals surface area contributed by atoms with E-state index in [4.69, 9.17) is 4.74 Å². The van der Waals surface area contributed by atoms with E-state index in [1.54, 1.807) is 6.08 Å². The van der Waals surface area contributed by atoms with E-state index in [9.17, 15) is 19.8 Å². The van der Waals surface area contributed by atoms with Crippen LogP contribution in [0, 0.1) is 0 Å². The maximum Gasteiger partial charge on any atom is 0.305 e. The molecule has 0 aromatic rings. The van der Waals surface area contributed by atoms with Gasteiger partial charge in [0.2, 0.25) is 5.91 Å². The van der Waals surface area contributed by atoms with Crippen molar-refractivity contribution in [3.63, 3.8) is 0 Å². The fourth-order valence-electron chi connectivity index (χ4n) is 12.5. The van der Waals surface area contributed by atoms with E-state index in [-0.39, 0.29) is 18.5 Å². The molecule has 6 nitrogen and oxygen atoms in total. The van der Waals surface area contributed by atoms with Crippen LogP contribution in [0.25, 0.3) is 0 Å². The number of hydrogen-bond donors (Lipinski definition) is 3. The quantitative estimate of drug-likeness (QED) is 0.0320. The molecule has 0 bridgehead atoms. The normalized spacial score (nSPS) is 12.7. The number of esters is 1. The molecule has 0 aliphatic rings. The molecule has 0 fully saturated rings. The highest BCUT2D eigenvalue weighted by Crippen LogP contribution is 2.19. The van der Waals surface area contributed by atoms with Gasteiger partial charge < -0.3 is 20.3 Å². The molecule has 0 aromatic heterocycles. The monoisotopic (exact) mass is 1230 g/mol. The van der Waals surface area contributed by atoms with E-state index in [1.807, 2.05) is 6.08 Å². The van der Waals surface area contributed by atoms with Crippen LogP contribution in [0.15, 0.2) is 48.6 Å². The smallest absolute Gasteiger partial charge is 0.305 e. The SMILES string of the molecule is CCCCCCCCC/C=C\CCCCCCCC(=O)OCCCCCCCCCCC/C=C\C/C=C\CCCCCCCCCCCCCCCCCCCC(=O)NC(CO)C(O)/C=C/CCCCCCCCCCCCCCCCCCCCCC. The van der Waals surface area contributed by atoms with Gasteiger partial charge >= 0.3 is 5.97 Å². The van der Waals surface area contributed by atoms with Crippen LogP contribution in [0.2, 0.25) is 0 Å². The number of carbonyl (C=O) groups excluding carboxylic acids is 2. The Kier molecular flexibility index (Phi) is 75.4. The van der Waals surface area contributed by atoms with Crippen molar-refractivity contribution in [2.24, 2.45) is 0 Å². The zero-order chi connectivity index (χ0) is 63.5. The highest BCUT2D eigenvalue weighted by atomic mass is 16.5. The lowest BCUT2D eigenvalue weighted by molar-refractivity contribution is -0.143. The summed E-state index contributed by atoms with van der Waals surface area (Å²) >= 11 is 0. The highest BCUT2D eigenvalue weighted by molar-refractivity contribution is 5.76. The molecule has 6 heteroatoms. The Balaban J connectivity index is 3.40. The molecule has 0 aromatic carbocycles. The van der Waals surface area contributed by atoms with Crippen LogP contribution in [0.5, 0.6) is 0 Å². The van der Waals surface area contributed by atoms with Gasteiger partial charge in [-0.15, -0.1) is 0 Å². The minimum atomic E-state index is -0.845. The second-order valence-corrected chi connectivity index (χ2v) is 27.4. The van der Waals surface area contributed by atoms with Gasteiger partial charge in [0.05, 0.1) is 25.4 Å². The average Bonchev–Trinajstić information content (AvgIpc) is 3.58. The van der Waals surface area contributed by atoms with Crippen LogP contribution in [-0.4, -0.2) is 47.4 Å². The van der Waals surface area contributed by atoms with Gasteiger partial charge in [-0.25, -0.2) is 0 Å². The Morgan fingerprint density at radius 3 is 0.875 bits per heavy atom. The minimum Gasteiger partial charge on any atom is -0.466 e. The Hall–Kier alpha value is -2.18. The predicted octanol–water partition coefficient (Wildman–Crippen LogP) is 26.4. The second kappa shape index (κ2) is 77.3. The van der Waals surface area contributed by atoms with Crippen LogP contribution in [-0.2, 0) is 14.3 Å². The van der Waals surface area contributed by atoms with E-state index in [0.717, 1.165) is 51.4 Å². The Bertz CT molecular complexity index is 1470. The molecule has 88 heavy (non-hydrogen) atoms. The molecule has 0 rings (SSSR count). The van der Waals surface area contributed by atoms with Crippen molar-refractivity contribution < 1.29 is 24.5 Å². The fraction of sp³-hybridized carbons (Fsp3) is 0.878. The zero-order valence-electron chi connectivity index (χ0n) is 59.5. The number of hydrogen-bond acceptors (Lipinski definition) is 5. The molecule has 2 atom stereocenters. The van der Waals surface area contributed by atoms with Gasteiger partial charge in [0.1, 0.15) is 0 Å². The van der Waals surface area contributed by atoms with Crippen molar-refractivity contribution in [2.75, 3.05) is 13.2 Å². The van der Waals surface area contributed by atoms with Crippen molar-refractivity contribution in [1.29, 1.82) is 0 Å². The molecule has 0 spiro atoms. The van der Waals surface area contributed by atoms with Crippen LogP contribution in [0.1, 0.15) is 438 Å². The number of rotatable bonds is 75. The Morgan fingerprint density at radius 1 is 0.318 bits per heavy atom. The summed E-state index contributed by atoms with van der Waals surface area (Å²) in [6.07, 6.45) is 102. The maximum atomic E-state index is 12.5. The lowest BCUT2D eigenvalue weighted by Gasteiger charge is -2.20. The first kappa shape index (κ1) is 85.8. The largest absolute Gasteiger partial charge is 0.466 e. The summed E-state index contributed by atoms with van der Waals surface area (Å²) < 4.78 is 5.50. The Labute approximate surface area is 550 Å². The summed E-state index contributed by atoms with van der Waals surface area (Å²) in [5.41, 5.74) is 0. The molecule has 0 aliphatic carbocycles. The maximum absolute atomic E-state index is 12.5. The van der Waals surface area contributed by atoms with E-state index < -0.39 is 12.1 Å². The van der Waals surface area contributed by atoms with Crippen LogP contribution in [0.3, 0.4) is 0 Å². The summed E-state index contributed by atoms with van der Waals surface area (Å²) in [6.45, 7) is 4.94. The number of amides is 1. The molecule has 0 saturated heterocycles. The van der Waals surface area contributed by atoms with Gasteiger partial charge in [0, 0.05) is 12.8 Å². The van der Waals surface area contributed by atoms with E-state index in [1.165, 1.54) is 360 Å². The van der Waals surface area contributed by atoms with Crippen molar-refractivity contribution in [3.8, 4) is 0 Å². The predicted molar refractivity (Wildman–Crippen MR) is 389 cm³/mol. The van der Waals surface area contributed by atoms with Crippen LogP contribution in [0.4, 0.5) is 0 Å². The first-order valence-corrected chi connectivity index (χ1v) is 39.9. The molecule has 2 unspecified atom stereocenters. The summed E-state index contributed by atoms with van der Waals surface area (Å²) in [4.78, 5) is 24.6. The molecular formula is C82H155NO5. The summed E-state index contributed by atoms with van der Waals surface area (Å²) in [5.74, 6) is -0.0548. The molecule has 0 saturated carbocycles. The number of ether oxygens (including phenoxy) is 1. The van der Waals surface area contributed by atoms with Gasteiger partial charge in [0.25, 0.3) is 0 Å². The van der Waals surface area contributed by atoms with Gasteiger partial charge in [-0.05, 0) is 89.9 Å². The van der Waals surface area contributed by atoms with E-state index in [0.29, 0.717) is 19.4 Å². The molecule has 518 valence electrons. The fourth-order valence-corrected chi connectivity index (χ4v) is 12.5. The molecule has 3 N–H and O–H groups in total. The number of carbonyl (C=O) groups is 2. The van der Waals surface area contributed by atoms with Gasteiger partial charge in [-0.2, -0.15) is 0 Å². The van der Waals surface area contributed by atoms with E-state index >= 15 is 0 Å². The topological polar surface area (TPSA) is 95.9 Å². The van der Waals surface area contributed by atoms with Gasteiger partial charge in [-0.3, -0.25) is 9.59 Å². The number of aliphatic hydroxyl groups is 2. The number of allylic oxidation sites excluding steroid dienone is 7. The lowest BCUT2D eigenvalue weighted by Crippen LogP contribution is -2.45. The van der Waals surface area contributed by atoms with Crippen LogP contribution >= 0.6 is 0 Å². The number of unbranched alkanes of at least 4 members (excludes halogenated alkanes) is 58. The van der Waals surface area contributed by atoms with Crippen molar-refractivity contribution in [2.45, 2.75) is 450 Å². The van der Waals surface area contributed by atoms with Gasteiger partial charge in [-0.1, -0.05) is 383 Å². The first-order chi connectivity index (χ1) is 43.5. The third-order valence-electron chi connectivity index (χ3n) is 18.6. The standard InChI is InChI=1S/C82H155NO5/c1-3-5-7-9-11-13-15-17-19-21-22-23-37-40-43-46-50-54-58-62-66-70-74-80(85)79(78-84)83-81(86)75-71-67-63-59-55-51-47-44-41-38-35-33-31-29-27-25-24-26-28-30-32-34-36-39-42-45-49-53-57-61-65-69-73-77-88-82(87)76-72-68-64-60-56-52-48-20-18-16-14-12-10-8-6-4-2/h20,28,30,34,36,48,70,74,79-80,84-85H,3-19,21-27,29,31-33,35,37-47,49-69,71-73,75-78H2,1-2H3,(H,83,86)/b30-28-,36-34-,48-20-,74-70+. The lowest BCUT2D eigenvalue weighted by atomic mass is 10.0. The van der Waals surface area contributed by atoms with Crippen molar-refractivity contribution >= 4 is 11.9 Å². The van der Waals surface area contributed by atoms with Gasteiger partial charge in [0.15, 0.2) is 0 Å². The number of nitrogens with one attached hydrogen (secondary N) is 1. The molecular weight excluding hydrogens is 1080 g/mol. The zero-order valence-corrected chi connectivity index (χ0v) is 59.5. The summed E-state index contributed by atoms with van der Waals surface area (Å²) in [7, 11) is 0. The molecule has 0 radical (unpaired) electrons. The third-order valence-corrected chi connectivity index (χ3v) is 18.6. The number of aliphatic hydroxyl groups excluding tert-OH is 2. The highest BCUT2D eigenvalue weighted by Gasteiger charge is 2.18. The Morgan fingerprint density at radius 2 is 0.568 bits per heavy atom. The third kappa shape index (κ3) is 72.9. The minimum absolute atomic E-state index is 0.00706. The van der Waals surface area contributed by atoms with Crippen molar-refractivity contribution in [3.05, 3.63) is 48.6 Å². The second-order valence-electron chi connectivity index (χ2n) is 27.4. The first-order valence-electron chi connectivity index (χ1n) is 39.9. The molecule has 1 amide bonds. The summed E-state index contributed by atoms with van der Waals surface area (Å²) in [6, 6.07) is -0.628. The molecule has 0 aliphatic heterocycles. The average molecular weight is 1240 g/mol. The summed E-state index contributed by atoms with van der Waals surface area (Å²) in [5, 5.41) is 23.3. The van der Waals surface area contributed by atoms with Crippen LogP contribution < -0.4 is 5.32 Å².